The van der Waals surface area contributed by atoms with E-state index in [-0.39, 0.29) is 23.5 Å². The average molecular weight is 380 g/mol. The average Bonchev–Trinajstić information content (AvgIpc) is 2.96. The third kappa shape index (κ3) is 4.38. The second-order valence-corrected chi connectivity index (χ2v) is 9.52. The Hall–Kier alpha value is -1.60. The number of benzene rings is 1. The fourth-order valence-corrected chi connectivity index (χ4v) is 5.74. The fourth-order valence-electron chi connectivity index (χ4n) is 4.01. The van der Waals surface area contributed by atoms with Crippen LogP contribution in [0, 0.1) is 6.92 Å². The lowest BCUT2D eigenvalue weighted by Crippen LogP contribution is -2.52. The molecule has 0 radical (unpaired) electrons. The maximum absolute atomic E-state index is 12.7. The van der Waals surface area contributed by atoms with Crippen LogP contribution in [0.1, 0.15) is 18.9 Å². The Balaban J connectivity index is 1.53. The van der Waals surface area contributed by atoms with Crippen molar-refractivity contribution in [3.63, 3.8) is 0 Å². The number of nitrogens with zero attached hydrogens (tertiary/aromatic N) is 3. The number of hydrogen-bond acceptors (Lipinski definition) is 5. The smallest absolute Gasteiger partial charge is 0.237 e. The Labute approximate surface area is 156 Å². The molecule has 1 aromatic rings. The largest absolute Gasteiger partial charge is 0.369 e. The summed E-state index contributed by atoms with van der Waals surface area (Å²) in [5.74, 6) is 0.378. The van der Waals surface area contributed by atoms with Crippen LogP contribution in [0.2, 0.25) is 0 Å². The number of anilines is 1. The van der Waals surface area contributed by atoms with Gasteiger partial charge < -0.3 is 9.80 Å². The number of piperazine rings is 1. The summed E-state index contributed by atoms with van der Waals surface area (Å²) in [5, 5.41) is 0. The van der Waals surface area contributed by atoms with E-state index < -0.39 is 9.84 Å². The van der Waals surface area contributed by atoms with E-state index in [2.05, 4.69) is 41.0 Å². The van der Waals surface area contributed by atoms with Gasteiger partial charge in [0.1, 0.15) is 0 Å². The second kappa shape index (κ2) is 7.96. The molecular weight excluding hydrogens is 350 g/mol. The molecule has 7 heteroatoms. The second-order valence-electron chi connectivity index (χ2n) is 7.29. The Morgan fingerprint density at radius 1 is 1.19 bits per heavy atom. The summed E-state index contributed by atoms with van der Waals surface area (Å²) in [5.41, 5.74) is 2.54. The zero-order valence-corrected chi connectivity index (χ0v) is 16.5. The van der Waals surface area contributed by atoms with E-state index in [0.717, 1.165) is 26.2 Å². The van der Waals surface area contributed by atoms with Crippen molar-refractivity contribution < 1.29 is 13.2 Å². The monoisotopic (exact) mass is 379 g/mol. The van der Waals surface area contributed by atoms with Gasteiger partial charge in [0.2, 0.25) is 5.91 Å². The van der Waals surface area contributed by atoms with Crippen LogP contribution in [0.15, 0.2) is 24.3 Å². The van der Waals surface area contributed by atoms with Crippen molar-refractivity contribution in [1.82, 2.24) is 9.80 Å². The van der Waals surface area contributed by atoms with Crippen LogP contribution in [-0.4, -0.2) is 80.9 Å². The number of carbonyl (C=O) groups is 1. The predicted molar refractivity (Wildman–Crippen MR) is 104 cm³/mol. The zero-order valence-electron chi connectivity index (χ0n) is 15.7. The van der Waals surface area contributed by atoms with Gasteiger partial charge in [-0.3, -0.25) is 9.69 Å². The Bertz CT molecular complexity index is 742. The van der Waals surface area contributed by atoms with E-state index in [1.54, 1.807) is 4.90 Å². The van der Waals surface area contributed by atoms with E-state index in [4.69, 9.17) is 0 Å². The first-order valence-electron chi connectivity index (χ1n) is 9.42. The normalized spacial score (nSPS) is 23.2. The van der Waals surface area contributed by atoms with Crippen LogP contribution in [0.3, 0.4) is 0 Å². The minimum atomic E-state index is -2.97. The molecule has 1 atom stereocenters. The molecule has 0 aromatic heterocycles. The minimum Gasteiger partial charge on any atom is -0.369 e. The van der Waals surface area contributed by atoms with E-state index >= 15 is 0 Å². The van der Waals surface area contributed by atoms with Gasteiger partial charge in [0.15, 0.2) is 9.84 Å². The number of likely N-dealkylation sites (N-methyl/N-ethyl adjacent to an activating group) is 1. The summed E-state index contributed by atoms with van der Waals surface area (Å²) >= 11 is 0. The Morgan fingerprint density at radius 3 is 2.46 bits per heavy atom. The summed E-state index contributed by atoms with van der Waals surface area (Å²) < 4.78 is 23.4. The molecule has 2 saturated heterocycles. The molecule has 2 heterocycles. The van der Waals surface area contributed by atoms with Crippen LogP contribution in [0.5, 0.6) is 0 Å². The van der Waals surface area contributed by atoms with Gasteiger partial charge in [-0.15, -0.1) is 0 Å². The molecule has 144 valence electrons. The topological polar surface area (TPSA) is 60.9 Å². The molecule has 2 aliphatic rings. The standard InChI is InChI=1S/C19H29N3O3S/c1-3-22(17-8-13-26(24,25)15-17)19(23)14-20-9-11-21(12-10-20)18-7-5-4-6-16(18)2/h4-7,17H,3,8-15H2,1-2H3/t17-/m0/s1. The summed E-state index contributed by atoms with van der Waals surface area (Å²) in [7, 11) is -2.97. The van der Waals surface area contributed by atoms with Crippen LogP contribution in [0.25, 0.3) is 0 Å². The molecule has 1 aromatic carbocycles. The molecule has 3 rings (SSSR count). The number of para-hydroxylation sites is 1. The van der Waals surface area contributed by atoms with Crippen molar-refractivity contribution in [2.75, 3.05) is 55.7 Å². The lowest BCUT2D eigenvalue weighted by atomic mass is 10.1. The molecule has 0 spiro atoms. The highest BCUT2D eigenvalue weighted by molar-refractivity contribution is 7.91. The van der Waals surface area contributed by atoms with Crippen molar-refractivity contribution in [1.29, 1.82) is 0 Å². The molecule has 0 aliphatic carbocycles. The number of rotatable bonds is 5. The molecule has 0 saturated carbocycles. The van der Waals surface area contributed by atoms with E-state index in [1.807, 2.05) is 6.92 Å². The Kier molecular flexibility index (Phi) is 5.87. The van der Waals surface area contributed by atoms with Crippen LogP contribution in [-0.2, 0) is 14.6 Å². The maximum atomic E-state index is 12.7. The van der Waals surface area contributed by atoms with Crippen LogP contribution < -0.4 is 4.90 Å². The van der Waals surface area contributed by atoms with Crippen molar-refractivity contribution in [3.05, 3.63) is 29.8 Å². The number of hydrogen-bond donors (Lipinski definition) is 0. The summed E-state index contributed by atoms with van der Waals surface area (Å²) in [6.07, 6.45) is 0.572. The number of carbonyl (C=O) groups excluding carboxylic acids is 1. The third-order valence-electron chi connectivity index (χ3n) is 5.50. The highest BCUT2D eigenvalue weighted by atomic mass is 32.2. The maximum Gasteiger partial charge on any atom is 0.237 e. The van der Waals surface area contributed by atoms with Crippen LogP contribution >= 0.6 is 0 Å². The first-order valence-corrected chi connectivity index (χ1v) is 11.2. The molecule has 0 unspecified atom stereocenters. The van der Waals surface area contributed by atoms with E-state index in [0.29, 0.717) is 19.5 Å². The SMILES string of the molecule is CCN(C(=O)CN1CCN(c2ccccc2C)CC1)[C@H]1CCS(=O)(=O)C1. The summed E-state index contributed by atoms with van der Waals surface area (Å²) in [6.45, 7) is 8.51. The van der Waals surface area contributed by atoms with Crippen LogP contribution in [0.4, 0.5) is 5.69 Å². The zero-order chi connectivity index (χ0) is 18.7. The highest BCUT2D eigenvalue weighted by Gasteiger charge is 2.34. The van der Waals surface area contributed by atoms with Gasteiger partial charge in [0, 0.05) is 44.5 Å². The predicted octanol–water partition coefficient (Wildman–Crippen LogP) is 1.15. The van der Waals surface area contributed by atoms with Gasteiger partial charge in [0.05, 0.1) is 18.1 Å². The highest BCUT2D eigenvalue weighted by Crippen LogP contribution is 2.21. The molecule has 26 heavy (non-hydrogen) atoms. The van der Waals surface area contributed by atoms with Gasteiger partial charge in [0.25, 0.3) is 0 Å². The first kappa shape index (κ1) is 19.2. The summed E-state index contributed by atoms with van der Waals surface area (Å²) in [4.78, 5) is 19.0. The lowest BCUT2D eigenvalue weighted by Gasteiger charge is -2.37. The molecular formula is C19H29N3O3S. The molecule has 6 nitrogen and oxygen atoms in total. The van der Waals surface area contributed by atoms with Gasteiger partial charge in [-0.2, -0.15) is 0 Å². The fraction of sp³-hybridized carbons (Fsp3) is 0.632. The number of sulfone groups is 1. The van der Waals surface area contributed by atoms with Gasteiger partial charge in [-0.25, -0.2) is 8.42 Å². The summed E-state index contributed by atoms with van der Waals surface area (Å²) in [6, 6.07) is 8.24. The van der Waals surface area contributed by atoms with Gasteiger partial charge >= 0.3 is 0 Å². The van der Waals surface area contributed by atoms with Crippen molar-refractivity contribution in [3.8, 4) is 0 Å². The lowest BCUT2D eigenvalue weighted by molar-refractivity contribution is -0.134. The molecule has 0 N–H and O–H groups in total. The third-order valence-corrected chi connectivity index (χ3v) is 7.25. The number of amides is 1. The van der Waals surface area contributed by atoms with Crippen molar-refractivity contribution in [2.45, 2.75) is 26.3 Å². The van der Waals surface area contributed by atoms with E-state index in [1.165, 1.54) is 11.3 Å². The van der Waals surface area contributed by atoms with E-state index in [9.17, 15) is 13.2 Å². The first-order chi connectivity index (χ1) is 12.4. The Morgan fingerprint density at radius 2 is 1.88 bits per heavy atom. The quantitative estimate of drug-likeness (QED) is 0.768. The molecule has 1 amide bonds. The minimum absolute atomic E-state index is 0.0546. The van der Waals surface area contributed by atoms with Crippen molar-refractivity contribution in [2.24, 2.45) is 0 Å². The number of aryl methyl sites for hydroxylation is 1. The molecule has 2 fully saturated rings. The van der Waals surface area contributed by atoms with Gasteiger partial charge in [-0.05, 0) is 31.9 Å². The van der Waals surface area contributed by atoms with Crippen molar-refractivity contribution >= 4 is 21.4 Å². The molecule has 0 bridgehead atoms. The van der Waals surface area contributed by atoms with Gasteiger partial charge in [-0.1, -0.05) is 18.2 Å². The molecule has 2 aliphatic heterocycles.